The summed E-state index contributed by atoms with van der Waals surface area (Å²) in [5, 5.41) is 18.4. The maximum absolute atomic E-state index is 9.22. The topological polar surface area (TPSA) is 52.9 Å². The highest BCUT2D eigenvalue weighted by molar-refractivity contribution is 9.10. The molecule has 18 heavy (non-hydrogen) atoms. The van der Waals surface area contributed by atoms with Crippen LogP contribution in [-0.2, 0) is 11.3 Å². The van der Waals surface area contributed by atoms with E-state index in [2.05, 4.69) is 20.8 Å². The highest BCUT2D eigenvalue weighted by Crippen LogP contribution is 2.26. The Morgan fingerprint density at radius 2 is 2.17 bits per heavy atom. The van der Waals surface area contributed by atoms with E-state index in [0.29, 0.717) is 6.54 Å². The molecule has 1 aromatic rings. The van der Waals surface area contributed by atoms with Crippen LogP contribution in [0.15, 0.2) is 22.7 Å². The van der Waals surface area contributed by atoms with E-state index in [1.807, 2.05) is 25.1 Å². The van der Waals surface area contributed by atoms with Crippen molar-refractivity contribution in [3.63, 3.8) is 0 Å². The van der Waals surface area contributed by atoms with Gasteiger partial charge in [0.2, 0.25) is 0 Å². The van der Waals surface area contributed by atoms with Crippen molar-refractivity contribution in [3.05, 3.63) is 28.2 Å². The number of rotatable bonds is 3. The van der Waals surface area contributed by atoms with Crippen LogP contribution in [0.1, 0.15) is 12.5 Å². The number of aliphatic hydroxyl groups excluding tert-OH is 2. The third-order valence-electron chi connectivity index (χ3n) is 3.10. The summed E-state index contributed by atoms with van der Waals surface area (Å²) in [5.74, 6) is 0. The molecule has 0 spiro atoms. The highest BCUT2D eigenvalue weighted by Gasteiger charge is 2.25. The van der Waals surface area contributed by atoms with Crippen molar-refractivity contribution >= 4 is 21.6 Å². The zero-order valence-electron chi connectivity index (χ0n) is 10.3. The Morgan fingerprint density at radius 1 is 1.39 bits per heavy atom. The van der Waals surface area contributed by atoms with Gasteiger partial charge in [0.25, 0.3) is 0 Å². The average Bonchev–Trinajstić information content (AvgIpc) is 2.37. The highest BCUT2D eigenvalue weighted by atomic mass is 79.9. The number of halogens is 1. The van der Waals surface area contributed by atoms with E-state index >= 15 is 0 Å². The molecule has 0 aromatic heterocycles. The van der Waals surface area contributed by atoms with E-state index in [0.717, 1.165) is 22.3 Å². The summed E-state index contributed by atoms with van der Waals surface area (Å²) in [4.78, 5) is 2.20. The lowest BCUT2D eigenvalue weighted by molar-refractivity contribution is -0.0421. The predicted octanol–water partition coefficient (Wildman–Crippen LogP) is 1.53. The summed E-state index contributed by atoms with van der Waals surface area (Å²) in [6.45, 7) is 3.56. The van der Waals surface area contributed by atoms with Gasteiger partial charge in [-0.3, -0.25) is 0 Å². The fraction of sp³-hybridized carbons (Fsp3) is 0.538. The number of anilines is 1. The quantitative estimate of drug-likeness (QED) is 0.888. The van der Waals surface area contributed by atoms with Gasteiger partial charge in [0, 0.05) is 23.2 Å². The van der Waals surface area contributed by atoms with E-state index in [-0.39, 0.29) is 25.4 Å². The van der Waals surface area contributed by atoms with E-state index < -0.39 is 0 Å². The maximum Gasteiger partial charge on any atom is 0.0984 e. The zero-order valence-corrected chi connectivity index (χ0v) is 11.9. The van der Waals surface area contributed by atoms with Gasteiger partial charge in [0.15, 0.2) is 0 Å². The van der Waals surface area contributed by atoms with E-state index in [1.165, 1.54) is 0 Å². The van der Waals surface area contributed by atoms with Gasteiger partial charge in [-0.05, 0) is 24.6 Å². The van der Waals surface area contributed by atoms with Crippen molar-refractivity contribution in [2.45, 2.75) is 25.7 Å². The van der Waals surface area contributed by atoms with Crippen molar-refractivity contribution in [1.29, 1.82) is 0 Å². The van der Waals surface area contributed by atoms with Crippen LogP contribution in [0.3, 0.4) is 0 Å². The van der Waals surface area contributed by atoms with Crippen LogP contribution in [0.5, 0.6) is 0 Å². The summed E-state index contributed by atoms with van der Waals surface area (Å²) < 4.78 is 6.52. The van der Waals surface area contributed by atoms with Crippen LogP contribution in [0.2, 0.25) is 0 Å². The van der Waals surface area contributed by atoms with Gasteiger partial charge < -0.3 is 19.8 Å². The number of morpholine rings is 1. The Hall–Kier alpha value is -0.620. The molecular weight excluding hydrogens is 298 g/mol. The molecular formula is C13H18BrNO3. The second-order valence-corrected chi connectivity index (χ2v) is 5.44. The minimum Gasteiger partial charge on any atom is -0.394 e. The molecule has 2 unspecified atom stereocenters. The minimum atomic E-state index is -0.134. The number of hydrogen-bond acceptors (Lipinski definition) is 4. The molecule has 100 valence electrons. The minimum absolute atomic E-state index is 0.0274. The van der Waals surface area contributed by atoms with Crippen molar-refractivity contribution in [1.82, 2.24) is 0 Å². The second kappa shape index (κ2) is 6.02. The first-order valence-corrected chi connectivity index (χ1v) is 6.84. The maximum atomic E-state index is 9.22. The van der Waals surface area contributed by atoms with Gasteiger partial charge >= 0.3 is 0 Å². The largest absolute Gasteiger partial charge is 0.394 e. The molecule has 0 bridgehead atoms. The smallest absolute Gasteiger partial charge is 0.0984 e. The molecule has 2 atom stereocenters. The van der Waals surface area contributed by atoms with Gasteiger partial charge in [-0.25, -0.2) is 0 Å². The molecule has 0 radical (unpaired) electrons. The number of hydrogen-bond donors (Lipinski definition) is 2. The third-order valence-corrected chi connectivity index (χ3v) is 3.84. The predicted molar refractivity (Wildman–Crippen MR) is 73.7 cm³/mol. The van der Waals surface area contributed by atoms with Crippen LogP contribution in [0, 0.1) is 0 Å². The number of ether oxygens (including phenoxy) is 1. The van der Waals surface area contributed by atoms with Gasteiger partial charge in [0.05, 0.1) is 25.4 Å². The SMILES string of the molecule is CC1CN(c2ccc(CO)c(Br)c2)CC(CO)O1. The van der Waals surface area contributed by atoms with Gasteiger partial charge in [0.1, 0.15) is 0 Å². The van der Waals surface area contributed by atoms with Gasteiger partial charge in [-0.2, -0.15) is 0 Å². The first-order valence-electron chi connectivity index (χ1n) is 6.04. The summed E-state index contributed by atoms with van der Waals surface area (Å²) >= 11 is 3.45. The Balaban J connectivity index is 2.17. The fourth-order valence-electron chi connectivity index (χ4n) is 2.22. The Kier molecular flexibility index (Phi) is 4.61. The molecule has 0 saturated carbocycles. The van der Waals surface area contributed by atoms with Crippen LogP contribution >= 0.6 is 15.9 Å². The van der Waals surface area contributed by atoms with Crippen LogP contribution < -0.4 is 4.90 Å². The Labute approximate surface area is 115 Å². The van der Waals surface area contributed by atoms with E-state index in [9.17, 15) is 5.11 Å². The second-order valence-electron chi connectivity index (χ2n) is 4.59. The lowest BCUT2D eigenvalue weighted by Gasteiger charge is -2.37. The summed E-state index contributed by atoms with van der Waals surface area (Å²) in [6.07, 6.45) is -0.0303. The lowest BCUT2D eigenvalue weighted by atomic mass is 10.1. The van der Waals surface area contributed by atoms with Crippen LogP contribution in [0.25, 0.3) is 0 Å². The van der Waals surface area contributed by atoms with Gasteiger partial charge in [-0.15, -0.1) is 0 Å². The van der Waals surface area contributed by atoms with Crippen molar-refractivity contribution in [2.24, 2.45) is 0 Å². The monoisotopic (exact) mass is 315 g/mol. The normalized spacial score (nSPS) is 24.3. The Bertz CT molecular complexity index is 413. The summed E-state index contributed by atoms with van der Waals surface area (Å²) in [6, 6.07) is 5.90. The molecule has 1 aromatic carbocycles. The van der Waals surface area contributed by atoms with Crippen LogP contribution in [-0.4, -0.2) is 42.1 Å². The third kappa shape index (κ3) is 3.03. The molecule has 1 aliphatic heterocycles. The number of nitrogens with zero attached hydrogens (tertiary/aromatic N) is 1. The van der Waals surface area contributed by atoms with Gasteiger partial charge in [-0.1, -0.05) is 22.0 Å². The zero-order chi connectivity index (χ0) is 13.1. The van der Waals surface area contributed by atoms with Crippen molar-refractivity contribution in [2.75, 3.05) is 24.6 Å². The van der Waals surface area contributed by atoms with Crippen LogP contribution in [0.4, 0.5) is 5.69 Å². The fourth-order valence-corrected chi connectivity index (χ4v) is 2.71. The molecule has 2 rings (SSSR count). The molecule has 1 aliphatic rings. The summed E-state index contributed by atoms with van der Waals surface area (Å²) in [7, 11) is 0. The standard InChI is InChI=1S/C13H18BrNO3/c1-9-5-15(6-12(8-17)18-9)11-3-2-10(7-16)13(14)4-11/h2-4,9,12,16-17H,5-8H2,1H3. The first kappa shape index (κ1) is 13.8. The first-order chi connectivity index (χ1) is 8.63. The van der Waals surface area contributed by atoms with E-state index in [4.69, 9.17) is 9.84 Å². The molecule has 1 saturated heterocycles. The number of aliphatic hydroxyl groups is 2. The lowest BCUT2D eigenvalue weighted by Crippen LogP contribution is -2.48. The molecule has 0 aliphatic carbocycles. The van der Waals surface area contributed by atoms with E-state index in [1.54, 1.807) is 0 Å². The molecule has 1 fully saturated rings. The molecule has 4 nitrogen and oxygen atoms in total. The number of benzene rings is 1. The summed E-state index contributed by atoms with van der Waals surface area (Å²) in [5.41, 5.74) is 1.95. The molecule has 0 amide bonds. The van der Waals surface area contributed by atoms with Crippen molar-refractivity contribution < 1.29 is 14.9 Å². The van der Waals surface area contributed by atoms with Crippen molar-refractivity contribution in [3.8, 4) is 0 Å². The molecule has 1 heterocycles. The average molecular weight is 316 g/mol. The molecule has 2 N–H and O–H groups in total. The molecule has 5 heteroatoms. The Morgan fingerprint density at radius 3 is 2.78 bits per heavy atom.